The van der Waals surface area contributed by atoms with Crippen LogP contribution in [0.5, 0.6) is 0 Å². The van der Waals surface area contributed by atoms with Gasteiger partial charge in [-0.3, -0.25) is 9.36 Å². The fourth-order valence-electron chi connectivity index (χ4n) is 4.81. The third kappa shape index (κ3) is 4.20. The summed E-state index contributed by atoms with van der Waals surface area (Å²) < 4.78 is 26.7. The first-order chi connectivity index (χ1) is 14.3. The molecule has 4 rings (SSSR count). The largest absolute Gasteiger partial charge is 0.351 e. The summed E-state index contributed by atoms with van der Waals surface area (Å²) in [6, 6.07) is 1.83. The van der Waals surface area contributed by atoms with Gasteiger partial charge >= 0.3 is 0 Å². The number of hydrogen-bond acceptors (Lipinski definition) is 6. The second-order valence-corrected chi connectivity index (χ2v) is 10.8. The van der Waals surface area contributed by atoms with Gasteiger partial charge in [0.1, 0.15) is 10.7 Å². The van der Waals surface area contributed by atoms with E-state index in [0.717, 1.165) is 31.1 Å². The fraction of sp³-hybridized carbons (Fsp3) is 0.650. The van der Waals surface area contributed by atoms with Crippen LogP contribution in [0.2, 0.25) is 5.02 Å². The molecule has 2 fully saturated rings. The zero-order valence-electron chi connectivity index (χ0n) is 17.3. The zero-order chi connectivity index (χ0) is 21.5. The Labute approximate surface area is 181 Å². The second-order valence-electron chi connectivity index (χ2n) is 8.39. The van der Waals surface area contributed by atoms with Crippen molar-refractivity contribution in [1.82, 2.24) is 18.8 Å². The van der Waals surface area contributed by atoms with Gasteiger partial charge in [0.05, 0.1) is 6.26 Å². The highest BCUT2D eigenvalue weighted by Crippen LogP contribution is 2.38. The van der Waals surface area contributed by atoms with Crippen LogP contribution < -0.4 is 10.9 Å². The monoisotopic (exact) mass is 453 g/mol. The van der Waals surface area contributed by atoms with Gasteiger partial charge in [-0.25, -0.2) is 17.7 Å². The Kier molecular flexibility index (Phi) is 6.05. The van der Waals surface area contributed by atoms with Crippen molar-refractivity contribution in [2.75, 3.05) is 24.7 Å². The number of hydrogen-bond donors (Lipinski definition) is 1. The summed E-state index contributed by atoms with van der Waals surface area (Å²) in [6.07, 6.45) is 8.48. The van der Waals surface area contributed by atoms with Gasteiger partial charge in [0.25, 0.3) is 5.56 Å². The van der Waals surface area contributed by atoms with Gasteiger partial charge in [-0.15, -0.1) is 0 Å². The Morgan fingerprint density at radius 1 is 1.23 bits per heavy atom. The van der Waals surface area contributed by atoms with Gasteiger partial charge in [-0.2, -0.15) is 4.98 Å². The first-order valence-corrected chi connectivity index (χ1v) is 12.8. The predicted molar refractivity (Wildman–Crippen MR) is 119 cm³/mol. The standard InChI is InChI=1S/C20H28ClN5O3S/c1-3-13-5-4-6-17(13)26-18-14(11-16(21)19(26)27)12-22-20(24-18)23-15-7-9-25(10-8-15)30(2,28)29/h11-13,15,17H,3-10H2,1-2H3,(H,22,23,24)/t13-,17+/m0/s1. The lowest BCUT2D eigenvalue weighted by atomic mass is 10.00. The molecule has 2 atom stereocenters. The van der Waals surface area contributed by atoms with Crippen LogP contribution >= 0.6 is 11.6 Å². The maximum atomic E-state index is 13.0. The Balaban J connectivity index is 1.63. The Hall–Kier alpha value is -1.71. The number of fused-ring (bicyclic) bond motifs is 1. The number of sulfonamides is 1. The molecular formula is C20H28ClN5O3S. The topological polar surface area (TPSA) is 97.2 Å². The van der Waals surface area contributed by atoms with E-state index in [9.17, 15) is 13.2 Å². The summed E-state index contributed by atoms with van der Waals surface area (Å²) >= 11 is 6.25. The lowest BCUT2D eigenvalue weighted by Crippen LogP contribution is -2.42. The van der Waals surface area contributed by atoms with E-state index in [4.69, 9.17) is 16.6 Å². The summed E-state index contributed by atoms with van der Waals surface area (Å²) in [5, 5.41) is 4.27. The van der Waals surface area contributed by atoms with E-state index in [1.807, 2.05) is 0 Å². The Morgan fingerprint density at radius 2 is 1.97 bits per heavy atom. The number of nitrogens with zero attached hydrogens (tertiary/aromatic N) is 4. The summed E-state index contributed by atoms with van der Waals surface area (Å²) in [6.45, 7) is 3.11. The molecule has 0 unspecified atom stereocenters. The number of halogens is 1. The molecule has 0 bridgehead atoms. The maximum Gasteiger partial charge on any atom is 0.271 e. The van der Waals surface area contributed by atoms with Gasteiger partial charge in [-0.05, 0) is 37.7 Å². The molecule has 1 saturated heterocycles. The molecule has 1 aliphatic heterocycles. The molecular weight excluding hydrogens is 426 g/mol. The van der Waals surface area contributed by atoms with E-state index >= 15 is 0 Å². The summed E-state index contributed by atoms with van der Waals surface area (Å²) in [5.74, 6) is 0.901. The number of rotatable bonds is 5. The predicted octanol–water partition coefficient (Wildman–Crippen LogP) is 3.03. The SMILES string of the molecule is CC[C@H]1CCC[C@H]1n1c(=O)c(Cl)cc2cnc(NC3CCN(S(C)(=O)=O)CC3)nc21. The third-order valence-electron chi connectivity index (χ3n) is 6.46. The second kappa shape index (κ2) is 8.43. The normalized spacial score (nSPS) is 23.8. The van der Waals surface area contributed by atoms with Crippen molar-refractivity contribution in [3.8, 4) is 0 Å². The van der Waals surface area contributed by atoms with Gasteiger partial charge < -0.3 is 5.32 Å². The minimum atomic E-state index is -3.16. The highest BCUT2D eigenvalue weighted by molar-refractivity contribution is 7.88. The van der Waals surface area contributed by atoms with Crippen LogP contribution in [0.1, 0.15) is 51.5 Å². The number of aromatic nitrogens is 3. The van der Waals surface area contributed by atoms with Crippen molar-refractivity contribution < 1.29 is 8.42 Å². The number of piperidine rings is 1. The molecule has 1 aliphatic carbocycles. The number of nitrogens with one attached hydrogen (secondary N) is 1. The summed E-state index contributed by atoms with van der Waals surface area (Å²) in [7, 11) is -3.16. The molecule has 3 heterocycles. The first-order valence-electron chi connectivity index (χ1n) is 10.6. The molecule has 2 aliphatic rings. The van der Waals surface area contributed by atoms with Gasteiger partial charge in [0.2, 0.25) is 16.0 Å². The van der Waals surface area contributed by atoms with Crippen LogP contribution in [0.25, 0.3) is 11.0 Å². The summed E-state index contributed by atoms with van der Waals surface area (Å²) in [4.78, 5) is 22.1. The van der Waals surface area contributed by atoms with E-state index in [-0.39, 0.29) is 22.7 Å². The highest BCUT2D eigenvalue weighted by Gasteiger charge is 2.30. The lowest BCUT2D eigenvalue weighted by molar-refractivity contribution is 0.331. The van der Waals surface area contributed by atoms with Gasteiger partial charge in [0.15, 0.2) is 0 Å². The summed E-state index contributed by atoms with van der Waals surface area (Å²) in [5.41, 5.74) is 0.418. The molecule has 164 valence electrons. The Bertz CT molecular complexity index is 1100. The minimum Gasteiger partial charge on any atom is -0.351 e. The molecule has 0 radical (unpaired) electrons. The zero-order valence-corrected chi connectivity index (χ0v) is 18.9. The van der Waals surface area contributed by atoms with E-state index in [2.05, 4.69) is 17.2 Å². The third-order valence-corrected chi connectivity index (χ3v) is 8.03. The highest BCUT2D eigenvalue weighted by atomic mass is 35.5. The van der Waals surface area contributed by atoms with Crippen LogP contribution in [0.3, 0.4) is 0 Å². The molecule has 1 saturated carbocycles. The van der Waals surface area contributed by atoms with Crippen molar-refractivity contribution in [3.05, 3.63) is 27.6 Å². The molecule has 2 aromatic heterocycles. The van der Waals surface area contributed by atoms with Crippen LogP contribution in [-0.2, 0) is 10.0 Å². The molecule has 1 N–H and O–H groups in total. The van der Waals surface area contributed by atoms with E-state index in [0.29, 0.717) is 43.4 Å². The number of anilines is 1. The van der Waals surface area contributed by atoms with Crippen molar-refractivity contribution >= 4 is 38.6 Å². The van der Waals surface area contributed by atoms with Crippen LogP contribution in [-0.4, -0.2) is 52.6 Å². The van der Waals surface area contributed by atoms with Crippen molar-refractivity contribution in [2.45, 2.75) is 57.5 Å². The average molecular weight is 454 g/mol. The molecule has 10 heteroatoms. The smallest absolute Gasteiger partial charge is 0.271 e. The molecule has 0 amide bonds. The first kappa shape index (κ1) is 21.5. The molecule has 0 aromatic carbocycles. The van der Waals surface area contributed by atoms with Gasteiger partial charge in [0, 0.05) is 36.8 Å². The molecule has 8 nitrogen and oxygen atoms in total. The maximum absolute atomic E-state index is 13.0. The minimum absolute atomic E-state index is 0.0859. The molecule has 2 aromatic rings. The van der Waals surface area contributed by atoms with Crippen LogP contribution in [0.15, 0.2) is 17.1 Å². The molecule has 30 heavy (non-hydrogen) atoms. The Morgan fingerprint density at radius 3 is 2.63 bits per heavy atom. The van der Waals surface area contributed by atoms with E-state index in [1.165, 1.54) is 10.6 Å². The van der Waals surface area contributed by atoms with E-state index in [1.54, 1.807) is 16.8 Å². The molecule has 0 spiro atoms. The average Bonchev–Trinajstić information content (AvgIpc) is 3.17. The fourth-order valence-corrected chi connectivity index (χ4v) is 5.89. The van der Waals surface area contributed by atoms with Gasteiger partial charge in [-0.1, -0.05) is 31.4 Å². The quantitative estimate of drug-likeness (QED) is 0.747. The number of pyridine rings is 1. The van der Waals surface area contributed by atoms with E-state index < -0.39 is 10.0 Å². The lowest BCUT2D eigenvalue weighted by Gasteiger charge is -2.30. The van der Waals surface area contributed by atoms with Crippen LogP contribution in [0, 0.1) is 5.92 Å². The van der Waals surface area contributed by atoms with Crippen LogP contribution in [0.4, 0.5) is 5.95 Å². The van der Waals surface area contributed by atoms with Crippen molar-refractivity contribution in [1.29, 1.82) is 0 Å². The van der Waals surface area contributed by atoms with Crippen molar-refractivity contribution in [2.24, 2.45) is 5.92 Å². The van der Waals surface area contributed by atoms with Crippen molar-refractivity contribution in [3.63, 3.8) is 0 Å².